The van der Waals surface area contributed by atoms with Gasteiger partial charge in [-0.25, -0.2) is 4.39 Å². The summed E-state index contributed by atoms with van der Waals surface area (Å²) in [6.07, 6.45) is 0. The van der Waals surface area contributed by atoms with E-state index in [0.717, 1.165) is 5.75 Å². The Balaban J connectivity index is 1.42. The summed E-state index contributed by atoms with van der Waals surface area (Å²) in [6.45, 7) is 0.867. The van der Waals surface area contributed by atoms with Crippen LogP contribution in [0.4, 0.5) is 4.39 Å². The fraction of sp³-hybridized carbons (Fsp3) is 0.158. The number of para-hydroxylation sites is 1. The minimum Gasteiger partial charge on any atom is -0.492 e. The van der Waals surface area contributed by atoms with Crippen molar-refractivity contribution in [1.82, 2.24) is 15.5 Å². The molecule has 0 atom stereocenters. The second-order valence-electron chi connectivity index (χ2n) is 5.44. The highest BCUT2D eigenvalue weighted by Gasteiger charge is 2.10. The van der Waals surface area contributed by atoms with Gasteiger partial charge in [-0.05, 0) is 30.3 Å². The zero-order valence-corrected chi connectivity index (χ0v) is 13.9. The Morgan fingerprint density at radius 2 is 1.85 bits per heavy atom. The van der Waals surface area contributed by atoms with Gasteiger partial charge in [-0.2, -0.15) is 5.10 Å². The smallest absolute Gasteiger partial charge is 0.271 e. The lowest BCUT2D eigenvalue weighted by Gasteiger charge is -2.06. The zero-order valence-electron chi connectivity index (χ0n) is 13.9. The molecule has 0 bridgehead atoms. The van der Waals surface area contributed by atoms with Crippen molar-refractivity contribution in [1.29, 1.82) is 0 Å². The topological polar surface area (TPSA) is 76.2 Å². The monoisotopic (exact) mass is 355 g/mol. The highest BCUT2D eigenvalue weighted by molar-refractivity contribution is 5.92. The standard InChI is InChI=1S/C19H18FN3O3/c20-14-5-4-8-17(11-14)26-13-15-12-18(23-22-15)19(24)21-9-10-25-16-6-2-1-3-7-16/h1-8,11-12H,9-10,13H2,(H,21,24)(H,22,23). The molecule has 6 nitrogen and oxygen atoms in total. The molecule has 3 rings (SSSR count). The van der Waals surface area contributed by atoms with E-state index < -0.39 is 0 Å². The molecule has 0 fully saturated rings. The second kappa shape index (κ2) is 8.66. The van der Waals surface area contributed by atoms with Crippen molar-refractivity contribution >= 4 is 5.91 Å². The molecule has 0 radical (unpaired) electrons. The van der Waals surface area contributed by atoms with E-state index in [9.17, 15) is 9.18 Å². The number of aromatic nitrogens is 2. The van der Waals surface area contributed by atoms with Crippen molar-refractivity contribution < 1.29 is 18.7 Å². The van der Waals surface area contributed by atoms with Gasteiger partial charge in [0, 0.05) is 6.07 Å². The number of nitrogens with zero attached hydrogens (tertiary/aromatic N) is 1. The number of hydrogen-bond acceptors (Lipinski definition) is 4. The van der Waals surface area contributed by atoms with E-state index >= 15 is 0 Å². The Labute approximate surface area is 150 Å². The van der Waals surface area contributed by atoms with E-state index in [0.29, 0.717) is 24.6 Å². The number of nitrogens with one attached hydrogen (secondary N) is 2. The molecule has 0 aliphatic rings. The largest absolute Gasteiger partial charge is 0.492 e. The molecule has 0 saturated carbocycles. The van der Waals surface area contributed by atoms with E-state index in [1.165, 1.54) is 12.1 Å². The number of benzene rings is 2. The maximum Gasteiger partial charge on any atom is 0.271 e. The normalized spacial score (nSPS) is 10.3. The Bertz CT molecular complexity index is 852. The number of carbonyl (C=O) groups is 1. The Kier molecular flexibility index (Phi) is 5.82. The number of carbonyl (C=O) groups excluding carboxylic acids is 1. The van der Waals surface area contributed by atoms with Crippen LogP contribution in [0.1, 0.15) is 16.2 Å². The first-order valence-corrected chi connectivity index (χ1v) is 8.09. The molecule has 7 heteroatoms. The van der Waals surface area contributed by atoms with Gasteiger partial charge in [0.2, 0.25) is 0 Å². The lowest BCUT2D eigenvalue weighted by molar-refractivity contribution is 0.0942. The zero-order chi connectivity index (χ0) is 18.2. The molecule has 134 valence electrons. The first-order chi connectivity index (χ1) is 12.7. The van der Waals surface area contributed by atoms with Gasteiger partial charge in [-0.3, -0.25) is 9.89 Å². The van der Waals surface area contributed by atoms with Crippen molar-refractivity contribution in [3.05, 3.63) is 77.9 Å². The van der Waals surface area contributed by atoms with E-state index in [-0.39, 0.29) is 24.0 Å². The summed E-state index contributed by atoms with van der Waals surface area (Å²) in [5.74, 6) is 0.474. The molecule has 3 aromatic rings. The van der Waals surface area contributed by atoms with Crippen LogP contribution >= 0.6 is 0 Å². The van der Waals surface area contributed by atoms with Crippen molar-refractivity contribution in [3.63, 3.8) is 0 Å². The Morgan fingerprint density at radius 1 is 1.04 bits per heavy atom. The van der Waals surface area contributed by atoms with Crippen LogP contribution in [0.25, 0.3) is 0 Å². The fourth-order valence-electron chi connectivity index (χ4n) is 2.21. The molecule has 26 heavy (non-hydrogen) atoms. The highest BCUT2D eigenvalue weighted by atomic mass is 19.1. The summed E-state index contributed by atoms with van der Waals surface area (Å²) in [6, 6.07) is 16.8. The van der Waals surface area contributed by atoms with Crippen molar-refractivity contribution in [2.75, 3.05) is 13.2 Å². The summed E-state index contributed by atoms with van der Waals surface area (Å²) in [5.41, 5.74) is 0.863. The van der Waals surface area contributed by atoms with Gasteiger partial charge in [0.05, 0.1) is 12.2 Å². The van der Waals surface area contributed by atoms with Gasteiger partial charge in [0.25, 0.3) is 5.91 Å². The Morgan fingerprint density at radius 3 is 2.65 bits per heavy atom. The summed E-state index contributed by atoms with van der Waals surface area (Å²) in [7, 11) is 0. The quantitative estimate of drug-likeness (QED) is 0.609. The van der Waals surface area contributed by atoms with E-state index in [4.69, 9.17) is 9.47 Å². The summed E-state index contributed by atoms with van der Waals surface area (Å²) in [4.78, 5) is 12.0. The molecule has 0 aliphatic heterocycles. The molecule has 1 aromatic heterocycles. The highest BCUT2D eigenvalue weighted by Crippen LogP contribution is 2.14. The van der Waals surface area contributed by atoms with Gasteiger partial charge in [0.15, 0.2) is 0 Å². The average molecular weight is 355 g/mol. The molecule has 2 aromatic carbocycles. The number of ether oxygens (including phenoxy) is 2. The predicted molar refractivity (Wildman–Crippen MR) is 93.6 cm³/mol. The summed E-state index contributed by atoms with van der Waals surface area (Å²) >= 11 is 0. The second-order valence-corrected chi connectivity index (χ2v) is 5.44. The summed E-state index contributed by atoms with van der Waals surface area (Å²) < 4.78 is 24.0. The third kappa shape index (κ3) is 5.07. The van der Waals surface area contributed by atoms with Crippen molar-refractivity contribution in [2.24, 2.45) is 0 Å². The maximum atomic E-state index is 13.1. The molecule has 0 unspecified atom stereocenters. The number of amides is 1. The Hall–Kier alpha value is -3.35. The molecule has 0 saturated heterocycles. The van der Waals surface area contributed by atoms with Crippen LogP contribution in [0.5, 0.6) is 11.5 Å². The molecule has 1 amide bonds. The molecular weight excluding hydrogens is 337 g/mol. The van der Waals surface area contributed by atoms with Crippen LogP contribution in [-0.2, 0) is 6.61 Å². The van der Waals surface area contributed by atoms with E-state index in [1.54, 1.807) is 18.2 Å². The van der Waals surface area contributed by atoms with Crippen LogP contribution in [-0.4, -0.2) is 29.3 Å². The van der Waals surface area contributed by atoms with Crippen LogP contribution in [0.15, 0.2) is 60.7 Å². The first kappa shape index (κ1) is 17.5. The average Bonchev–Trinajstić information content (AvgIpc) is 3.13. The van der Waals surface area contributed by atoms with Crippen LogP contribution in [0.3, 0.4) is 0 Å². The number of aromatic amines is 1. The van der Waals surface area contributed by atoms with E-state index in [1.807, 2.05) is 30.3 Å². The lowest BCUT2D eigenvalue weighted by atomic mass is 10.3. The van der Waals surface area contributed by atoms with Gasteiger partial charge in [-0.15, -0.1) is 0 Å². The summed E-state index contributed by atoms with van der Waals surface area (Å²) in [5, 5.41) is 9.40. The minimum absolute atomic E-state index is 0.154. The van der Waals surface area contributed by atoms with Crippen LogP contribution in [0.2, 0.25) is 0 Å². The predicted octanol–water partition coefficient (Wildman–Crippen LogP) is 2.94. The molecular formula is C19H18FN3O3. The molecule has 0 aliphatic carbocycles. The third-order valence-electron chi connectivity index (χ3n) is 3.45. The molecule has 2 N–H and O–H groups in total. The van der Waals surface area contributed by atoms with Crippen molar-refractivity contribution in [2.45, 2.75) is 6.61 Å². The van der Waals surface area contributed by atoms with Gasteiger partial charge in [0.1, 0.15) is 36.2 Å². The number of hydrogen-bond donors (Lipinski definition) is 2. The molecule has 0 spiro atoms. The lowest BCUT2D eigenvalue weighted by Crippen LogP contribution is -2.28. The van der Waals surface area contributed by atoms with Crippen LogP contribution in [0, 0.1) is 5.82 Å². The van der Waals surface area contributed by atoms with Gasteiger partial charge >= 0.3 is 0 Å². The number of H-pyrrole nitrogens is 1. The number of rotatable bonds is 8. The molecule has 1 heterocycles. The first-order valence-electron chi connectivity index (χ1n) is 8.09. The fourth-order valence-corrected chi connectivity index (χ4v) is 2.21. The van der Waals surface area contributed by atoms with Crippen molar-refractivity contribution in [3.8, 4) is 11.5 Å². The minimum atomic E-state index is -0.370. The van der Waals surface area contributed by atoms with Crippen LogP contribution < -0.4 is 14.8 Å². The van der Waals surface area contributed by atoms with Gasteiger partial charge < -0.3 is 14.8 Å². The third-order valence-corrected chi connectivity index (χ3v) is 3.45. The maximum absolute atomic E-state index is 13.1. The number of halogens is 1. The SMILES string of the molecule is O=C(NCCOc1ccccc1)c1cc(COc2cccc(F)c2)[nH]n1. The van der Waals surface area contributed by atoms with E-state index in [2.05, 4.69) is 15.5 Å². The van der Waals surface area contributed by atoms with Gasteiger partial charge in [-0.1, -0.05) is 24.3 Å².